The molecule has 2 aliphatic heterocycles. The van der Waals surface area contributed by atoms with Gasteiger partial charge < -0.3 is 9.47 Å². The van der Waals surface area contributed by atoms with Crippen molar-refractivity contribution in [1.82, 2.24) is 14.5 Å². The Kier molecular flexibility index (Phi) is 3.48. The Labute approximate surface area is 141 Å². The summed E-state index contributed by atoms with van der Waals surface area (Å²) >= 11 is 1.89. The molecule has 1 fully saturated rings. The molecule has 0 unspecified atom stereocenters. The van der Waals surface area contributed by atoms with Gasteiger partial charge >= 0.3 is 0 Å². The number of hydrogen-bond acceptors (Lipinski definition) is 4. The first kappa shape index (κ1) is 14.8. The zero-order valence-corrected chi connectivity index (χ0v) is 14.8. The smallest absolute Gasteiger partial charge is 0.160 e. The van der Waals surface area contributed by atoms with Gasteiger partial charge in [-0.05, 0) is 37.6 Å². The number of hydrogen-bond donors (Lipinski definition) is 0. The largest absolute Gasteiger partial charge is 0.352 e. The van der Waals surface area contributed by atoms with E-state index in [4.69, 9.17) is 4.99 Å². The van der Waals surface area contributed by atoms with Crippen molar-refractivity contribution >= 4 is 16.9 Å². The zero-order valence-electron chi connectivity index (χ0n) is 14.0. The Morgan fingerprint density at radius 1 is 1.26 bits per heavy atom. The third kappa shape index (κ3) is 2.29. The molecule has 3 atom stereocenters. The second kappa shape index (κ2) is 5.41. The van der Waals surface area contributed by atoms with Crippen LogP contribution in [-0.4, -0.2) is 31.4 Å². The van der Waals surface area contributed by atoms with Gasteiger partial charge in [-0.25, -0.2) is 0 Å². The van der Waals surface area contributed by atoms with Crippen LogP contribution < -0.4 is 0 Å². The van der Waals surface area contributed by atoms with Crippen LogP contribution >= 0.6 is 11.8 Å². The first-order chi connectivity index (χ1) is 11.1. The SMILES string of the molecule is Cc1cc([C@@H]2[C@H](c3ccccn3)N=C3S[C@@H](C)CN32)c(C)n1C. The second-order valence-electron chi connectivity index (χ2n) is 6.52. The van der Waals surface area contributed by atoms with Gasteiger partial charge in [0.15, 0.2) is 5.17 Å². The molecule has 4 nitrogen and oxygen atoms in total. The molecular weight excluding hydrogens is 304 g/mol. The van der Waals surface area contributed by atoms with Gasteiger partial charge in [0.1, 0.15) is 6.04 Å². The predicted molar refractivity (Wildman–Crippen MR) is 95.8 cm³/mol. The first-order valence-electron chi connectivity index (χ1n) is 8.11. The minimum Gasteiger partial charge on any atom is -0.352 e. The highest BCUT2D eigenvalue weighted by atomic mass is 32.2. The maximum atomic E-state index is 5.04. The van der Waals surface area contributed by atoms with E-state index in [2.05, 4.69) is 60.5 Å². The van der Waals surface area contributed by atoms with Crippen molar-refractivity contribution in [2.75, 3.05) is 6.54 Å². The number of fused-ring (bicyclic) bond motifs is 1. The van der Waals surface area contributed by atoms with Gasteiger partial charge in [0.05, 0.1) is 11.7 Å². The maximum Gasteiger partial charge on any atom is 0.160 e. The summed E-state index contributed by atoms with van der Waals surface area (Å²) in [5.74, 6) is 0. The molecule has 4 rings (SSSR count). The number of rotatable bonds is 2. The molecule has 0 radical (unpaired) electrons. The molecule has 1 saturated heterocycles. The van der Waals surface area contributed by atoms with E-state index < -0.39 is 0 Å². The lowest BCUT2D eigenvalue weighted by atomic mass is 9.96. The van der Waals surface area contributed by atoms with Crippen LogP contribution in [0.3, 0.4) is 0 Å². The Morgan fingerprint density at radius 2 is 2.09 bits per heavy atom. The molecule has 0 saturated carbocycles. The standard InChI is InChI=1S/C18H22N4S/c1-11-9-14(13(3)21(11)4)17-16(15-7-5-6-8-19-15)20-18-22(17)10-12(2)23-18/h5-9,12,16-17H,10H2,1-4H3/t12-,16-,17+/m0/s1. The highest BCUT2D eigenvalue weighted by Gasteiger charge is 2.44. The number of aryl methyl sites for hydroxylation is 1. The number of nitrogens with zero attached hydrogens (tertiary/aromatic N) is 4. The van der Waals surface area contributed by atoms with Crippen LogP contribution in [-0.2, 0) is 7.05 Å². The fourth-order valence-electron chi connectivity index (χ4n) is 3.64. The van der Waals surface area contributed by atoms with Crippen LogP contribution in [0.15, 0.2) is 35.5 Å². The van der Waals surface area contributed by atoms with E-state index in [1.54, 1.807) is 0 Å². The van der Waals surface area contributed by atoms with Gasteiger partial charge in [0, 0.05) is 36.4 Å². The van der Waals surface area contributed by atoms with Gasteiger partial charge in [-0.15, -0.1) is 0 Å². The zero-order chi connectivity index (χ0) is 16.1. The summed E-state index contributed by atoms with van der Waals surface area (Å²) in [6.07, 6.45) is 1.87. The molecule has 5 heteroatoms. The normalized spacial score (nSPS) is 26.5. The van der Waals surface area contributed by atoms with Crippen LogP contribution in [0.25, 0.3) is 0 Å². The summed E-state index contributed by atoms with van der Waals surface area (Å²) in [5.41, 5.74) is 5.07. The number of pyridine rings is 1. The summed E-state index contributed by atoms with van der Waals surface area (Å²) in [7, 11) is 2.14. The Balaban J connectivity index is 1.82. The molecule has 0 bridgehead atoms. The van der Waals surface area contributed by atoms with Crippen molar-refractivity contribution in [1.29, 1.82) is 0 Å². The van der Waals surface area contributed by atoms with Crippen LogP contribution in [0.5, 0.6) is 0 Å². The third-order valence-corrected chi connectivity index (χ3v) is 6.12. The van der Waals surface area contributed by atoms with Crippen LogP contribution in [0, 0.1) is 13.8 Å². The fourth-order valence-corrected chi connectivity index (χ4v) is 4.73. The monoisotopic (exact) mass is 326 g/mol. The van der Waals surface area contributed by atoms with E-state index >= 15 is 0 Å². The molecular formula is C18H22N4S. The summed E-state index contributed by atoms with van der Waals surface area (Å²) < 4.78 is 2.27. The summed E-state index contributed by atoms with van der Waals surface area (Å²) in [4.78, 5) is 12.1. The Bertz CT molecular complexity index is 765. The number of thioether (sulfide) groups is 1. The molecule has 0 N–H and O–H groups in total. The lowest BCUT2D eigenvalue weighted by molar-refractivity contribution is 0.320. The molecule has 2 aromatic heterocycles. The third-order valence-electron chi connectivity index (χ3n) is 5.01. The number of amidine groups is 1. The highest BCUT2D eigenvalue weighted by molar-refractivity contribution is 8.14. The topological polar surface area (TPSA) is 33.4 Å². The van der Waals surface area contributed by atoms with Crippen LogP contribution in [0.1, 0.15) is 41.7 Å². The van der Waals surface area contributed by atoms with Gasteiger partial charge in [-0.1, -0.05) is 24.8 Å². The van der Waals surface area contributed by atoms with Crippen molar-refractivity contribution in [3.8, 4) is 0 Å². The highest BCUT2D eigenvalue weighted by Crippen LogP contribution is 2.48. The van der Waals surface area contributed by atoms with Crippen molar-refractivity contribution in [3.05, 3.63) is 53.1 Å². The lowest BCUT2D eigenvalue weighted by Gasteiger charge is -2.27. The van der Waals surface area contributed by atoms with Gasteiger partial charge in [-0.3, -0.25) is 9.98 Å². The summed E-state index contributed by atoms with van der Waals surface area (Å²) in [6, 6.07) is 8.80. The van der Waals surface area contributed by atoms with Crippen molar-refractivity contribution in [2.45, 2.75) is 38.1 Å². The second-order valence-corrected chi connectivity index (χ2v) is 7.93. The minimum atomic E-state index is 0.0895. The molecule has 0 spiro atoms. The minimum absolute atomic E-state index is 0.0895. The summed E-state index contributed by atoms with van der Waals surface area (Å²) in [6.45, 7) is 7.72. The van der Waals surface area contributed by atoms with Crippen LogP contribution in [0.4, 0.5) is 0 Å². The van der Waals surface area contributed by atoms with E-state index in [9.17, 15) is 0 Å². The Hall–Kier alpha value is -1.75. The molecule has 4 heterocycles. The molecule has 2 aromatic rings. The van der Waals surface area contributed by atoms with E-state index in [0.29, 0.717) is 5.25 Å². The maximum absolute atomic E-state index is 5.04. The molecule has 2 aliphatic rings. The van der Waals surface area contributed by atoms with Gasteiger partial charge in [0.25, 0.3) is 0 Å². The van der Waals surface area contributed by atoms with Gasteiger partial charge in [-0.2, -0.15) is 0 Å². The van der Waals surface area contributed by atoms with Crippen molar-refractivity contribution < 1.29 is 0 Å². The molecule has 0 aromatic carbocycles. The number of aromatic nitrogens is 2. The first-order valence-corrected chi connectivity index (χ1v) is 8.99. The molecule has 0 aliphatic carbocycles. The molecule has 120 valence electrons. The quantitative estimate of drug-likeness (QED) is 0.845. The fraction of sp³-hybridized carbons (Fsp3) is 0.444. The molecule has 0 amide bonds. The Morgan fingerprint density at radius 3 is 2.74 bits per heavy atom. The van der Waals surface area contributed by atoms with Crippen molar-refractivity contribution in [3.63, 3.8) is 0 Å². The van der Waals surface area contributed by atoms with E-state index in [1.807, 2.05) is 24.0 Å². The predicted octanol–water partition coefficient (Wildman–Crippen LogP) is 3.63. The van der Waals surface area contributed by atoms with E-state index in [0.717, 1.165) is 12.2 Å². The lowest BCUT2D eigenvalue weighted by Crippen LogP contribution is -2.28. The average Bonchev–Trinajstić information content (AvgIpc) is 3.15. The van der Waals surface area contributed by atoms with E-state index in [1.165, 1.54) is 22.1 Å². The summed E-state index contributed by atoms with van der Waals surface area (Å²) in [5, 5.41) is 1.78. The van der Waals surface area contributed by atoms with Crippen molar-refractivity contribution in [2.24, 2.45) is 12.0 Å². The average molecular weight is 326 g/mol. The van der Waals surface area contributed by atoms with E-state index in [-0.39, 0.29) is 12.1 Å². The van der Waals surface area contributed by atoms with Crippen LogP contribution in [0.2, 0.25) is 0 Å². The number of aliphatic imine (C=N–C) groups is 1. The molecule has 23 heavy (non-hydrogen) atoms. The van der Waals surface area contributed by atoms with Gasteiger partial charge in [0.2, 0.25) is 0 Å².